The van der Waals surface area contributed by atoms with Crippen LogP contribution in [0.3, 0.4) is 0 Å². The minimum absolute atomic E-state index is 0.389. The zero-order valence-electron chi connectivity index (χ0n) is 9.17. The first kappa shape index (κ1) is 14.9. The van der Waals surface area contributed by atoms with Gasteiger partial charge in [0.25, 0.3) is 0 Å². The van der Waals surface area contributed by atoms with Gasteiger partial charge in [0, 0.05) is 6.54 Å². The fourth-order valence-electron chi connectivity index (χ4n) is 0.632. The van der Waals surface area contributed by atoms with Crippen molar-refractivity contribution in [3.05, 3.63) is 0 Å². The van der Waals surface area contributed by atoms with Crippen molar-refractivity contribution < 1.29 is 14.4 Å². The summed E-state index contributed by atoms with van der Waals surface area (Å²) in [4.78, 5) is 9.13. The first-order valence-corrected chi connectivity index (χ1v) is 4.54. The van der Waals surface area contributed by atoms with Crippen molar-refractivity contribution in [2.24, 2.45) is 5.73 Å². The molecule has 0 aliphatic rings. The highest BCUT2D eigenvalue weighted by Crippen LogP contribution is 1.95. The van der Waals surface area contributed by atoms with Crippen LogP contribution in [0.25, 0.3) is 0 Å². The Balaban J connectivity index is 0. The molecule has 0 spiro atoms. The van der Waals surface area contributed by atoms with Gasteiger partial charge in [0.05, 0.1) is 33.7 Å². The summed E-state index contributed by atoms with van der Waals surface area (Å²) >= 11 is 0. The second kappa shape index (κ2) is 8.01. The molecule has 0 aromatic carbocycles. The lowest BCUT2D eigenvalue weighted by Gasteiger charge is -2.23. The maximum absolute atomic E-state index is 9.13. The second-order valence-corrected chi connectivity index (χ2v) is 3.94. The van der Waals surface area contributed by atoms with Gasteiger partial charge in [0.2, 0.25) is 0 Å². The van der Waals surface area contributed by atoms with E-state index in [9.17, 15) is 0 Å². The van der Waals surface area contributed by atoms with E-state index in [1.54, 1.807) is 0 Å². The molecule has 0 aliphatic heterocycles. The number of unbranched alkanes of at least 4 members (excludes halogenated alkanes) is 1. The van der Waals surface area contributed by atoms with E-state index < -0.39 is 5.97 Å². The fraction of sp³-hybridized carbons (Fsp3) is 0.889. The minimum atomic E-state index is -1.22. The van der Waals surface area contributed by atoms with Gasteiger partial charge in [0.1, 0.15) is 0 Å². The Labute approximate surface area is 80.9 Å². The molecular weight excluding hydrogens is 168 g/mol. The molecule has 13 heavy (non-hydrogen) atoms. The van der Waals surface area contributed by atoms with Crippen molar-refractivity contribution in [2.45, 2.75) is 19.8 Å². The molecule has 4 nitrogen and oxygen atoms in total. The van der Waals surface area contributed by atoms with E-state index in [1.165, 1.54) is 19.4 Å². The standard InChI is InChI=1S/C7H18N.C2H5NO2/c1-5-6-7-8(2,3)4;3-1-2(4)5/h5-7H2,1-4H3;1,3H2,(H,4,5)/q+1;/p-1. The Morgan fingerprint density at radius 1 is 1.38 bits per heavy atom. The van der Waals surface area contributed by atoms with Crippen LogP contribution in [0.5, 0.6) is 0 Å². The highest BCUT2D eigenvalue weighted by Gasteiger charge is 2.02. The molecule has 0 saturated carbocycles. The number of quaternary nitrogens is 1. The van der Waals surface area contributed by atoms with E-state index in [1.807, 2.05) is 0 Å². The number of nitrogens with zero attached hydrogens (tertiary/aromatic N) is 1. The highest BCUT2D eigenvalue weighted by molar-refractivity contribution is 5.66. The average molecular weight is 190 g/mol. The smallest absolute Gasteiger partial charge is 0.0780 e. The van der Waals surface area contributed by atoms with E-state index in [0.29, 0.717) is 0 Å². The lowest BCUT2D eigenvalue weighted by atomic mass is 10.3. The number of carbonyl (C=O) groups is 1. The quantitative estimate of drug-likeness (QED) is 0.589. The average Bonchev–Trinajstić information content (AvgIpc) is 2.00. The van der Waals surface area contributed by atoms with Crippen LogP contribution >= 0.6 is 0 Å². The predicted molar refractivity (Wildman–Crippen MR) is 51.9 cm³/mol. The SMILES string of the molecule is CCCC[N+](C)(C)C.NCC(=O)[O-]. The fourth-order valence-corrected chi connectivity index (χ4v) is 0.632. The van der Waals surface area contributed by atoms with Gasteiger partial charge in [-0.15, -0.1) is 0 Å². The van der Waals surface area contributed by atoms with Gasteiger partial charge >= 0.3 is 0 Å². The molecule has 4 heteroatoms. The molecule has 0 aromatic heterocycles. The molecule has 0 fully saturated rings. The molecule has 0 aromatic rings. The molecule has 0 aliphatic carbocycles. The molecule has 0 bridgehead atoms. The zero-order chi connectivity index (χ0) is 10.9. The van der Waals surface area contributed by atoms with Crippen molar-refractivity contribution in [1.82, 2.24) is 0 Å². The van der Waals surface area contributed by atoms with Gasteiger partial charge < -0.3 is 20.1 Å². The van der Waals surface area contributed by atoms with Crippen molar-refractivity contribution in [1.29, 1.82) is 0 Å². The maximum atomic E-state index is 9.13. The summed E-state index contributed by atoms with van der Waals surface area (Å²) in [7, 11) is 6.70. The molecule has 0 saturated heterocycles. The number of hydrogen-bond acceptors (Lipinski definition) is 3. The Morgan fingerprint density at radius 2 is 1.77 bits per heavy atom. The topological polar surface area (TPSA) is 66.2 Å². The van der Waals surface area contributed by atoms with Crippen molar-refractivity contribution in [2.75, 3.05) is 34.2 Å². The Bertz CT molecular complexity index is 130. The molecule has 0 atom stereocenters. The maximum Gasteiger partial charge on any atom is 0.0780 e. The van der Waals surface area contributed by atoms with Gasteiger partial charge in [0.15, 0.2) is 0 Å². The number of carboxylic acid groups (broad SMARTS) is 1. The molecule has 2 N–H and O–H groups in total. The lowest BCUT2D eigenvalue weighted by molar-refractivity contribution is -0.870. The highest BCUT2D eigenvalue weighted by atomic mass is 16.4. The molecule has 0 heterocycles. The van der Waals surface area contributed by atoms with Gasteiger partial charge in [-0.3, -0.25) is 0 Å². The summed E-state index contributed by atoms with van der Waals surface area (Å²) in [6.45, 7) is 3.14. The van der Waals surface area contributed by atoms with E-state index in [4.69, 9.17) is 9.90 Å². The van der Waals surface area contributed by atoms with E-state index >= 15 is 0 Å². The van der Waals surface area contributed by atoms with Crippen molar-refractivity contribution in [3.63, 3.8) is 0 Å². The summed E-state index contributed by atoms with van der Waals surface area (Å²) in [5.74, 6) is -1.22. The monoisotopic (exact) mass is 190 g/mol. The van der Waals surface area contributed by atoms with Crippen LogP contribution in [0, 0.1) is 0 Å². The van der Waals surface area contributed by atoms with E-state index in [-0.39, 0.29) is 6.54 Å². The largest absolute Gasteiger partial charge is 0.549 e. The van der Waals surface area contributed by atoms with Crippen LogP contribution in [0.2, 0.25) is 0 Å². The van der Waals surface area contributed by atoms with Gasteiger partial charge in [-0.05, 0) is 6.42 Å². The lowest BCUT2D eigenvalue weighted by Crippen LogP contribution is -2.35. The third-order valence-electron chi connectivity index (χ3n) is 1.35. The Morgan fingerprint density at radius 3 is 1.85 bits per heavy atom. The summed E-state index contributed by atoms with van der Waals surface area (Å²) < 4.78 is 1.10. The predicted octanol–water partition coefficient (Wildman–Crippen LogP) is -0.812. The normalized spacial score (nSPS) is 10.2. The van der Waals surface area contributed by atoms with Crippen LogP contribution in [-0.2, 0) is 4.79 Å². The molecule has 0 radical (unpaired) electrons. The van der Waals surface area contributed by atoms with E-state index in [2.05, 4.69) is 33.8 Å². The molecule has 0 unspecified atom stereocenters. The number of carbonyl (C=O) groups excluding carboxylic acids is 1. The van der Waals surface area contributed by atoms with Crippen molar-refractivity contribution >= 4 is 5.97 Å². The van der Waals surface area contributed by atoms with Crippen LogP contribution in [0.4, 0.5) is 0 Å². The van der Waals surface area contributed by atoms with Crippen LogP contribution in [-0.4, -0.2) is 44.7 Å². The van der Waals surface area contributed by atoms with Gasteiger partial charge in [-0.2, -0.15) is 0 Å². The Kier molecular flexibility index (Phi) is 9.17. The van der Waals surface area contributed by atoms with Crippen molar-refractivity contribution in [3.8, 4) is 0 Å². The third-order valence-corrected chi connectivity index (χ3v) is 1.35. The van der Waals surface area contributed by atoms with Gasteiger partial charge in [-0.1, -0.05) is 13.3 Å². The van der Waals surface area contributed by atoms with Crippen LogP contribution in [0.15, 0.2) is 0 Å². The summed E-state index contributed by atoms with van der Waals surface area (Å²) in [6.07, 6.45) is 2.67. The minimum Gasteiger partial charge on any atom is -0.549 e. The third kappa shape index (κ3) is 24.6. The summed E-state index contributed by atoms with van der Waals surface area (Å²) in [5, 5.41) is 9.13. The summed E-state index contributed by atoms with van der Waals surface area (Å²) in [5.41, 5.74) is 4.51. The van der Waals surface area contributed by atoms with Crippen LogP contribution in [0.1, 0.15) is 19.8 Å². The number of carboxylic acids is 1. The summed E-state index contributed by atoms with van der Waals surface area (Å²) in [6, 6.07) is 0. The number of nitrogens with two attached hydrogens (primary N) is 1. The zero-order valence-corrected chi connectivity index (χ0v) is 9.17. The number of aliphatic carboxylic acids is 1. The molecule has 0 rings (SSSR count). The molecule has 80 valence electrons. The van der Waals surface area contributed by atoms with E-state index in [0.717, 1.165) is 4.48 Å². The number of hydrogen-bond donors (Lipinski definition) is 1. The number of rotatable bonds is 4. The Hall–Kier alpha value is -0.610. The molecular formula is C9H22N2O2. The molecule has 0 amide bonds. The first-order valence-electron chi connectivity index (χ1n) is 4.54. The van der Waals surface area contributed by atoms with Crippen LogP contribution < -0.4 is 10.8 Å². The second-order valence-electron chi connectivity index (χ2n) is 3.94. The van der Waals surface area contributed by atoms with Gasteiger partial charge in [-0.25, -0.2) is 0 Å². The first-order chi connectivity index (χ1) is 5.83.